The van der Waals surface area contributed by atoms with E-state index in [9.17, 15) is 9.59 Å². The fraction of sp³-hybridized carbons (Fsp3) is 0.0870. The number of allylic oxidation sites excluding steroid dienone is 1. The Morgan fingerprint density at radius 1 is 1.19 bits per heavy atom. The van der Waals surface area contributed by atoms with Crippen LogP contribution in [0.1, 0.15) is 0 Å². The van der Waals surface area contributed by atoms with Crippen LogP contribution < -0.4 is 10.9 Å². The molecule has 4 aromatic rings. The number of hydrogen-bond donors (Lipinski definition) is 1. The molecule has 0 radical (unpaired) electrons. The topological polar surface area (TPSA) is 64.0 Å². The highest BCUT2D eigenvalue weighted by Crippen LogP contribution is 2.32. The SMILES string of the molecule is C=CCn1c(SCC(=O)Nc2ccc(Cl)cc2)nc2cc(-c3ccccc3)sc2c1=O. The summed E-state index contributed by atoms with van der Waals surface area (Å²) in [5, 5.41) is 3.90. The smallest absolute Gasteiger partial charge is 0.272 e. The second-order valence-corrected chi connectivity index (χ2v) is 9.06. The maximum Gasteiger partial charge on any atom is 0.272 e. The molecule has 0 aliphatic carbocycles. The van der Waals surface area contributed by atoms with Crippen LogP contribution in [0, 0.1) is 0 Å². The summed E-state index contributed by atoms with van der Waals surface area (Å²) < 4.78 is 2.15. The van der Waals surface area contributed by atoms with Crippen molar-refractivity contribution in [3.05, 3.63) is 88.7 Å². The number of hydrogen-bond acceptors (Lipinski definition) is 5. The lowest BCUT2D eigenvalue weighted by Gasteiger charge is -2.10. The van der Waals surface area contributed by atoms with Crippen LogP contribution in [0.4, 0.5) is 5.69 Å². The van der Waals surface area contributed by atoms with Crippen LogP contribution in [-0.2, 0) is 11.3 Å². The Labute approximate surface area is 192 Å². The number of fused-ring (bicyclic) bond motifs is 1. The third-order valence-electron chi connectivity index (χ3n) is 4.43. The van der Waals surface area contributed by atoms with Gasteiger partial charge < -0.3 is 5.32 Å². The van der Waals surface area contributed by atoms with E-state index in [1.807, 2.05) is 36.4 Å². The Bertz CT molecular complexity index is 1300. The number of thioether (sulfide) groups is 1. The van der Waals surface area contributed by atoms with E-state index in [0.29, 0.717) is 32.6 Å². The standard InChI is InChI=1S/C23H18ClN3O2S2/c1-2-12-27-22(29)21-18(13-19(31-21)15-6-4-3-5-7-15)26-23(27)30-14-20(28)25-17-10-8-16(24)9-11-17/h2-11,13H,1,12,14H2,(H,25,28). The van der Waals surface area contributed by atoms with E-state index < -0.39 is 0 Å². The zero-order valence-electron chi connectivity index (χ0n) is 16.4. The summed E-state index contributed by atoms with van der Waals surface area (Å²) in [7, 11) is 0. The molecule has 0 bridgehead atoms. The summed E-state index contributed by atoms with van der Waals surface area (Å²) in [6.07, 6.45) is 1.65. The minimum Gasteiger partial charge on any atom is -0.325 e. The molecular formula is C23H18ClN3O2S2. The average Bonchev–Trinajstić information content (AvgIpc) is 3.21. The highest BCUT2D eigenvalue weighted by atomic mass is 35.5. The van der Waals surface area contributed by atoms with Crippen LogP contribution in [0.15, 0.2) is 83.3 Å². The molecule has 0 saturated carbocycles. The summed E-state index contributed by atoms with van der Waals surface area (Å²) in [6.45, 7) is 4.07. The number of carbonyl (C=O) groups is 1. The Kier molecular flexibility index (Phi) is 6.56. The van der Waals surface area contributed by atoms with E-state index in [2.05, 4.69) is 16.9 Å². The number of benzene rings is 2. The van der Waals surface area contributed by atoms with Gasteiger partial charge >= 0.3 is 0 Å². The summed E-state index contributed by atoms with van der Waals surface area (Å²) in [6, 6.07) is 18.7. The van der Waals surface area contributed by atoms with Gasteiger partial charge in [-0.2, -0.15) is 0 Å². The first-order chi connectivity index (χ1) is 15.0. The van der Waals surface area contributed by atoms with Gasteiger partial charge in [-0.25, -0.2) is 4.98 Å². The summed E-state index contributed by atoms with van der Waals surface area (Å²) in [5.74, 6) is -0.0740. The van der Waals surface area contributed by atoms with E-state index in [0.717, 1.165) is 10.4 Å². The van der Waals surface area contributed by atoms with Gasteiger partial charge in [0.1, 0.15) is 4.70 Å². The van der Waals surface area contributed by atoms with Crippen LogP contribution >= 0.6 is 34.7 Å². The van der Waals surface area contributed by atoms with Crippen LogP contribution in [0.25, 0.3) is 20.7 Å². The molecule has 5 nitrogen and oxygen atoms in total. The number of amides is 1. The van der Waals surface area contributed by atoms with E-state index in [1.165, 1.54) is 23.1 Å². The average molecular weight is 468 g/mol. The van der Waals surface area contributed by atoms with Gasteiger partial charge in [0.2, 0.25) is 5.91 Å². The first-order valence-electron chi connectivity index (χ1n) is 9.44. The molecular weight excluding hydrogens is 450 g/mol. The zero-order chi connectivity index (χ0) is 21.8. The number of carbonyl (C=O) groups excluding carboxylic acids is 1. The first kappa shape index (κ1) is 21.4. The molecule has 31 heavy (non-hydrogen) atoms. The molecule has 0 aliphatic rings. The van der Waals surface area contributed by atoms with Gasteiger partial charge in [0.15, 0.2) is 5.16 Å². The van der Waals surface area contributed by atoms with Gasteiger partial charge in [-0.15, -0.1) is 17.9 Å². The van der Waals surface area contributed by atoms with Gasteiger partial charge in [0.05, 0.1) is 11.3 Å². The van der Waals surface area contributed by atoms with Crippen LogP contribution in [-0.4, -0.2) is 21.2 Å². The van der Waals surface area contributed by atoms with Crippen molar-refractivity contribution in [2.75, 3.05) is 11.1 Å². The Hall–Kier alpha value is -2.87. The van der Waals surface area contributed by atoms with E-state index >= 15 is 0 Å². The largest absolute Gasteiger partial charge is 0.325 e. The Morgan fingerprint density at radius 3 is 2.65 bits per heavy atom. The third-order valence-corrected chi connectivity index (χ3v) is 6.82. The number of anilines is 1. The number of nitrogens with one attached hydrogen (secondary N) is 1. The Morgan fingerprint density at radius 2 is 1.94 bits per heavy atom. The second-order valence-electron chi connectivity index (χ2n) is 6.63. The van der Waals surface area contributed by atoms with Crippen molar-refractivity contribution in [2.45, 2.75) is 11.7 Å². The van der Waals surface area contributed by atoms with Gasteiger partial charge in [-0.1, -0.05) is 59.8 Å². The normalized spacial score (nSPS) is 10.9. The number of aromatic nitrogens is 2. The van der Waals surface area contributed by atoms with Crippen molar-refractivity contribution in [1.29, 1.82) is 0 Å². The van der Waals surface area contributed by atoms with Crippen molar-refractivity contribution >= 4 is 56.5 Å². The van der Waals surface area contributed by atoms with Crippen molar-refractivity contribution in [3.63, 3.8) is 0 Å². The maximum absolute atomic E-state index is 13.1. The zero-order valence-corrected chi connectivity index (χ0v) is 18.8. The lowest BCUT2D eigenvalue weighted by atomic mass is 10.2. The van der Waals surface area contributed by atoms with Crippen molar-refractivity contribution < 1.29 is 4.79 Å². The van der Waals surface area contributed by atoms with Crippen molar-refractivity contribution in [1.82, 2.24) is 9.55 Å². The summed E-state index contributed by atoms with van der Waals surface area (Å²) >= 11 is 8.52. The molecule has 2 heterocycles. The molecule has 1 N–H and O–H groups in total. The van der Waals surface area contributed by atoms with Crippen molar-refractivity contribution in [3.8, 4) is 10.4 Å². The molecule has 1 amide bonds. The predicted octanol–water partition coefficient (Wildman–Crippen LogP) is 5.70. The molecule has 0 atom stereocenters. The maximum atomic E-state index is 13.1. The third kappa shape index (κ3) is 4.90. The van der Waals surface area contributed by atoms with Crippen LogP contribution in [0.3, 0.4) is 0 Å². The van der Waals surface area contributed by atoms with Crippen LogP contribution in [0.5, 0.6) is 0 Å². The minimum absolute atomic E-state index is 0.118. The highest BCUT2D eigenvalue weighted by Gasteiger charge is 2.16. The van der Waals surface area contributed by atoms with Gasteiger partial charge in [-0.3, -0.25) is 14.2 Å². The first-order valence-corrected chi connectivity index (χ1v) is 11.6. The number of thiophene rings is 1. The minimum atomic E-state index is -0.192. The molecule has 0 unspecified atom stereocenters. The van der Waals surface area contributed by atoms with Gasteiger partial charge in [0.25, 0.3) is 5.56 Å². The molecule has 8 heteroatoms. The molecule has 4 rings (SSSR count). The summed E-state index contributed by atoms with van der Waals surface area (Å²) in [4.78, 5) is 31.2. The molecule has 2 aromatic heterocycles. The number of rotatable bonds is 7. The number of halogens is 1. The Balaban J connectivity index is 1.60. The fourth-order valence-corrected chi connectivity index (χ4v) is 4.98. The van der Waals surface area contributed by atoms with Crippen LogP contribution in [0.2, 0.25) is 5.02 Å². The fourth-order valence-electron chi connectivity index (χ4n) is 3.00. The van der Waals surface area contributed by atoms with E-state index in [4.69, 9.17) is 11.6 Å². The molecule has 2 aromatic carbocycles. The monoisotopic (exact) mass is 467 g/mol. The van der Waals surface area contributed by atoms with Gasteiger partial charge in [-0.05, 0) is 35.9 Å². The second kappa shape index (κ2) is 9.51. The predicted molar refractivity (Wildman–Crippen MR) is 130 cm³/mol. The molecule has 0 spiro atoms. The highest BCUT2D eigenvalue weighted by molar-refractivity contribution is 7.99. The summed E-state index contributed by atoms with van der Waals surface area (Å²) in [5.41, 5.74) is 2.21. The van der Waals surface area contributed by atoms with E-state index in [-0.39, 0.29) is 17.2 Å². The van der Waals surface area contributed by atoms with Gasteiger partial charge in [0, 0.05) is 22.1 Å². The molecule has 0 fully saturated rings. The van der Waals surface area contributed by atoms with Crippen molar-refractivity contribution in [2.24, 2.45) is 0 Å². The lowest BCUT2D eigenvalue weighted by Crippen LogP contribution is -2.23. The molecule has 156 valence electrons. The lowest BCUT2D eigenvalue weighted by molar-refractivity contribution is -0.113. The number of nitrogens with zero attached hydrogens (tertiary/aromatic N) is 2. The molecule has 0 saturated heterocycles. The van der Waals surface area contributed by atoms with E-state index in [1.54, 1.807) is 34.9 Å². The quantitative estimate of drug-likeness (QED) is 0.215. The molecule has 0 aliphatic heterocycles.